The first-order chi connectivity index (χ1) is 18.8. The Morgan fingerprint density at radius 2 is 1.87 bits per heavy atom. The van der Waals surface area contributed by atoms with Gasteiger partial charge in [-0.15, -0.1) is 23.1 Å². The number of hydrogen-bond donors (Lipinski definition) is 2. The molecule has 0 spiro atoms. The maximum Gasteiger partial charge on any atom is 0.255 e. The molecule has 8 rings (SSSR count). The molecular formula is C29H32N4O4S2. The predicted molar refractivity (Wildman–Crippen MR) is 147 cm³/mol. The fourth-order valence-corrected chi connectivity index (χ4v) is 9.99. The molecule has 1 unspecified atom stereocenters. The number of hydrogen-bond acceptors (Lipinski definition) is 7. The number of amides is 4. The molecule has 8 nitrogen and oxygen atoms in total. The van der Waals surface area contributed by atoms with Crippen LogP contribution >= 0.6 is 23.1 Å². The number of thiazole rings is 1. The summed E-state index contributed by atoms with van der Waals surface area (Å²) in [6.07, 6.45) is 8.43. The molecule has 2 aliphatic heterocycles. The van der Waals surface area contributed by atoms with E-state index in [9.17, 15) is 19.2 Å². The molecule has 1 aromatic heterocycles. The smallest absolute Gasteiger partial charge is 0.255 e. The maximum absolute atomic E-state index is 13.1. The Morgan fingerprint density at radius 3 is 2.59 bits per heavy atom. The molecule has 39 heavy (non-hydrogen) atoms. The Bertz CT molecular complexity index is 1340. The quantitative estimate of drug-likeness (QED) is 0.391. The second kappa shape index (κ2) is 9.73. The molecule has 204 valence electrons. The van der Waals surface area contributed by atoms with Gasteiger partial charge in [0.05, 0.1) is 17.9 Å². The molecule has 10 heteroatoms. The minimum Gasteiger partial charge on any atom is -0.350 e. The summed E-state index contributed by atoms with van der Waals surface area (Å²) in [6, 6.07) is 5.05. The summed E-state index contributed by atoms with van der Waals surface area (Å²) >= 11 is 3.19. The number of nitrogens with one attached hydrogen (secondary N) is 2. The number of nitrogens with zero attached hydrogens (tertiary/aromatic N) is 2. The van der Waals surface area contributed by atoms with Crippen LogP contribution in [-0.4, -0.2) is 45.1 Å². The fraction of sp³-hybridized carbons (Fsp3) is 0.552. The van der Waals surface area contributed by atoms with Crippen molar-refractivity contribution in [1.82, 2.24) is 20.5 Å². The van der Waals surface area contributed by atoms with Crippen LogP contribution in [0.25, 0.3) is 0 Å². The molecule has 4 bridgehead atoms. The van der Waals surface area contributed by atoms with Gasteiger partial charge in [-0.2, -0.15) is 0 Å². The Kier molecular flexibility index (Phi) is 6.30. The Morgan fingerprint density at radius 1 is 1.13 bits per heavy atom. The van der Waals surface area contributed by atoms with E-state index in [1.165, 1.54) is 19.3 Å². The third-order valence-corrected chi connectivity index (χ3v) is 11.5. The number of thioether (sulfide) groups is 1. The number of aromatic nitrogens is 1. The van der Waals surface area contributed by atoms with Crippen LogP contribution in [0.3, 0.4) is 0 Å². The second-order valence-electron chi connectivity index (χ2n) is 12.1. The lowest BCUT2D eigenvalue weighted by Gasteiger charge is -2.56. The Hall–Kier alpha value is -2.72. The molecule has 2 N–H and O–H groups in total. The molecule has 2 aromatic rings. The van der Waals surface area contributed by atoms with Crippen LogP contribution in [0.4, 0.5) is 0 Å². The van der Waals surface area contributed by atoms with Crippen LogP contribution in [0.15, 0.2) is 28.5 Å². The van der Waals surface area contributed by atoms with Crippen molar-refractivity contribution in [3.63, 3.8) is 0 Å². The molecule has 5 fully saturated rings. The van der Waals surface area contributed by atoms with Crippen LogP contribution < -0.4 is 10.6 Å². The summed E-state index contributed by atoms with van der Waals surface area (Å²) in [7, 11) is 0. The lowest BCUT2D eigenvalue weighted by Crippen LogP contribution is -2.60. The molecule has 3 heterocycles. The van der Waals surface area contributed by atoms with Gasteiger partial charge < -0.3 is 10.2 Å². The third-order valence-electron chi connectivity index (χ3n) is 9.27. The SMILES string of the molecule is O=C1CCC(N2Cc3c(SCc4nc(CC(=O)NC56CC7CC(CC(C7)C5)C6)cs4)cccc3C2=O)C(=O)N1. The number of fused-ring (bicyclic) bond motifs is 1. The lowest BCUT2D eigenvalue weighted by molar-refractivity contribution is -0.137. The number of imide groups is 1. The van der Waals surface area contributed by atoms with E-state index in [0.717, 1.165) is 58.2 Å². The standard InChI is InChI=1S/C29H32N4O4S2/c34-24-5-4-22(27(36)31-24)33-13-21-20(28(33)37)2-1-3-23(21)38-15-26-30-19(14-39-26)9-25(35)32-29-10-16-6-17(11-29)8-18(7-16)12-29/h1-3,14,16-18,22H,4-13,15H2,(H,32,35)(H,31,34,36). The van der Waals surface area contributed by atoms with Crippen molar-refractivity contribution in [3.05, 3.63) is 45.4 Å². The highest BCUT2D eigenvalue weighted by Gasteiger charge is 2.51. The molecule has 6 aliphatic rings. The monoisotopic (exact) mass is 564 g/mol. The first kappa shape index (κ1) is 25.3. The number of rotatable bonds is 7. The van der Waals surface area contributed by atoms with E-state index < -0.39 is 11.9 Å². The van der Waals surface area contributed by atoms with Gasteiger partial charge in [0.25, 0.3) is 5.91 Å². The zero-order chi connectivity index (χ0) is 26.7. The molecular weight excluding hydrogens is 532 g/mol. The topological polar surface area (TPSA) is 108 Å². The highest BCUT2D eigenvalue weighted by atomic mass is 32.2. The minimum absolute atomic E-state index is 0.0212. The van der Waals surface area contributed by atoms with Crippen LogP contribution in [0.5, 0.6) is 0 Å². The van der Waals surface area contributed by atoms with Crippen molar-refractivity contribution in [2.75, 3.05) is 0 Å². The van der Waals surface area contributed by atoms with Crippen molar-refractivity contribution in [2.45, 2.75) is 86.6 Å². The molecule has 1 aromatic carbocycles. The summed E-state index contributed by atoms with van der Waals surface area (Å²) < 4.78 is 0. The van der Waals surface area contributed by atoms with Gasteiger partial charge in [0, 0.05) is 34.3 Å². The number of piperidine rings is 1. The third kappa shape index (κ3) is 4.79. The van der Waals surface area contributed by atoms with Gasteiger partial charge in [0.1, 0.15) is 11.0 Å². The normalized spacial score (nSPS) is 31.0. The van der Waals surface area contributed by atoms with Crippen molar-refractivity contribution in [2.24, 2.45) is 17.8 Å². The maximum atomic E-state index is 13.1. The summed E-state index contributed by atoms with van der Waals surface area (Å²) in [5, 5.41) is 8.73. The van der Waals surface area contributed by atoms with Gasteiger partial charge in [-0.05, 0) is 80.4 Å². The average molecular weight is 565 g/mol. The van der Waals surface area contributed by atoms with Crippen LogP contribution in [0.1, 0.15) is 78.0 Å². The molecule has 4 saturated carbocycles. The first-order valence-corrected chi connectivity index (χ1v) is 15.8. The zero-order valence-corrected chi connectivity index (χ0v) is 23.4. The zero-order valence-electron chi connectivity index (χ0n) is 21.7. The Labute approximate surface area is 235 Å². The van der Waals surface area contributed by atoms with Gasteiger partial charge in [-0.3, -0.25) is 24.5 Å². The summed E-state index contributed by atoms with van der Waals surface area (Å²) in [4.78, 5) is 57.3. The van der Waals surface area contributed by atoms with Crippen LogP contribution in [0, 0.1) is 17.8 Å². The van der Waals surface area contributed by atoms with Gasteiger partial charge >= 0.3 is 0 Å². The van der Waals surface area contributed by atoms with Crippen molar-refractivity contribution in [3.8, 4) is 0 Å². The van der Waals surface area contributed by atoms with Gasteiger partial charge in [-0.1, -0.05) is 6.07 Å². The fourth-order valence-electron chi connectivity index (χ4n) is 8.10. The average Bonchev–Trinajstić information content (AvgIpc) is 3.45. The number of carbonyl (C=O) groups is 4. The second-order valence-corrected chi connectivity index (χ2v) is 14.1. The van der Waals surface area contributed by atoms with Crippen LogP contribution in [-0.2, 0) is 33.1 Å². The number of carbonyl (C=O) groups excluding carboxylic acids is 4. The number of benzene rings is 1. The van der Waals surface area contributed by atoms with Crippen LogP contribution in [0.2, 0.25) is 0 Å². The molecule has 4 aliphatic carbocycles. The van der Waals surface area contributed by atoms with Crippen molar-refractivity contribution >= 4 is 46.7 Å². The van der Waals surface area contributed by atoms with Gasteiger partial charge in [0.2, 0.25) is 17.7 Å². The van der Waals surface area contributed by atoms with E-state index in [1.807, 2.05) is 17.5 Å². The first-order valence-electron chi connectivity index (χ1n) is 14.0. The highest BCUT2D eigenvalue weighted by molar-refractivity contribution is 7.98. The summed E-state index contributed by atoms with van der Waals surface area (Å²) in [5.41, 5.74) is 2.37. The summed E-state index contributed by atoms with van der Waals surface area (Å²) in [6.45, 7) is 0.358. The van der Waals surface area contributed by atoms with Gasteiger partial charge in [0.15, 0.2) is 0 Å². The Balaban J connectivity index is 0.970. The minimum atomic E-state index is -0.619. The summed E-state index contributed by atoms with van der Waals surface area (Å²) in [5.74, 6) is 2.28. The molecule has 0 radical (unpaired) electrons. The van der Waals surface area contributed by atoms with E-state index in [1.54, 1.807) is 34.1 Å². The van der Waals surface area contributed by atoms with E-state index in [0.29, 0.717) is 30.7 Å². The van der Waals surface area contributed by atoms with E-state index in [-0.39, 0.29) is 29.7 Å². The van der Waals surface area contributed by atoms with Crippen molar-refractivity contribution < 1.29 is 19.2 Å². The predicted octanol–water partition coefficient (Wildman–Crippen LogP) is 3.82. The van der Waals surface area contributed by atoms with Crippen molar-refractivity contribution in [1.29, 1.82) is 0 Å². The van der Waals surface area contributed by atoms with E-state index >= 15 is 0 Å². The molecule has 1 saturated heterocycles. The van der Waals surface area contributed by atoms with Gasteiger partial charge in [-0.25, -0.2) is 4.98 Å². The van der Waals surface area contributed by atoms with E-state index in [2.05, 4.69) is 10.6 Å². The molecule has 4 amide bonds. The largest absolute Gasteiger partial charge is 0.350 e. The lowest BCUT2D eigenvalue weighted by atomic mass is 9.53. The van der Waals surface area contributed by atoms with E-state index in [4.69, 9.17) is 4.98 Å². The molecule has 1 atom stereocenters. The highest BCUT2D eigenvalue weighted by Crippen LogP contribution is 2.55.